The van der Waals surface area contributed by atoms with E-state index in [1.54, 1.807) is 12.1 Å². The standard InChI is InChI=1S/C29H28N2O8/c1-12-7-9-13(10-8-12)11-15-14-5-4-6-16(32)17(14)23(33)19-18(15)24(34)21-22(31(2)3)25(35)20(28(30)38)27(37)29(21,39)26(19)36/h4-11,18,21-22,24,32,34-36,39H,1-3H3,(H2,30,38)/b15-11+/t18-,21+,22+,24+,29+/m1/s1. The van der Waals surface area contributed by atoms with E-state index in [9.17, 15) is 39.9 Å². The van der Waals surface area contributed by atoms with Crippen LogP contribution in [0.3, 0.4) is 0 Å². The van der Waals surface area contributed by atoms with E-state index in [0.717, 1.165) is 5.56 Å². The molecule has 0 radical (unpaired) electrons. The number of hydrogen-bond acceptors (Lipinski definition) is 9. The minimum absolute atomic E-state index is 0.177. The molecule has 2 aromatic carbocycles. The highest BCUT2D eigenvalue weighted by atomic mass is 16.4. The topological polar surface area (TPSA) is 182 Å². The average Bonchev–Trinajstić information content (AvgIpc) is 2.86. The fourth-order valence-corrected chi connectivity index (χ4v) is 6.16. The number of phenolic OH excluding ortho intramolecular Hbond substituents is 1. The van der Waals surface area contributed by atoms with E-state index < -0.39 is 75.5 Å². The molecular weight excluding hydrogens is 504 g/mol. The molecule has 0 bridgehead atoms. The maximum atomic E-state index is 13.8. The Bertz CT molecular complexity index is 1530. The Kier molecular flexibility index (Phi) is 6.02. The number of carbonyl (C=O) groups is 3. The number of aromatic hydroxyl groups is 1. The third-order valence-corrected chi connectivity index (χ3v) is 7.93. The lowest BCUT2D eigenvalue weighted by atomic mass is 9.56. The van der Waals surface area contributed by atoms with Crippen molar-refractivity contribution in [2.75, 3.05) is 14.1 Å². The molecule has 0 aromatic heterocycles. The van der Waals surface area contributed by atoms with Crippen LogP contribution in [0.25, 0.3) is 11.6 Å². The Morgan fingerprint density at radius 1 is 1.05 bits per heavy atom. The van der Waals surface area contributed by atoms with Gasteiger partial charge >= 0.3 is 0 Å². The fraction of sp³-hybridized carbons (Fsp3) is 0.276. The van der Waals surface area contributed by atoms with Crippen LogP contribution in [-0.2, 0) is 9.59 Å². The van der Waals surface area contributed by atoms with Crippen molar-refractivity contribution in [1.82, 2.24) is 4.90 Å². The van der Waals surface area contributed by atoms with Gasteiger partial charge in [-0.1, -0.05) is 48.0 Å². The first-order chi connectivity index (χ1) is 18.3. The number of ketones is 2. The summed E-state index contributed by atoms with van der Waals surface area (Å²) in [4.78, 5) is 40.8. The molecule has 2 aromatic rings. The second-order valence-corrected chi connectivity index (χ2v) is 10.4. The van der Waals surface area contributed by atoms with Gasteiger partial charge in [0, 0.05) is 5.92 Å². The number of fused-ring (bicyclic) bond motifs is 3. The van der Waals surface area contributed by atoms with Crippen LogP contribution < -0.4 is 5.73 Å². The third kappa shape index (κ3) is 3.56. The Morgan fingerprint density at radius 2 is 1.69 bits per heavy atom. The number of primary amides is 1. The number of aliphatic hydroxyl groups excluding tert-OH is 3. The van der Waals surface area contributed by atoms with Crippen LogP contribution in [0, 0.1) is 18.8 Å². The maximum absolute atomic E-state index is 13.8. The van der Waals surface area contributed by atoms with Crippen LogP contribution in [0.15, 0.2) is 65.1 Å². The second-order valence-electron chi connectivity index (χ2n) is 10.4. The van der Waals surface area contributed by atoms with Gasteiger partial charge in [0.25, 0.3) is 5.91 Å². The molecule has 0 saturated carbocycles. The lowest BCUT2D eigenvalue weighted by Gasteiger charge is -2.52. The third-order valence-electron chi connectivity index (χ3n) is 7.93. The zero-order valence-electron chi connectivity index (χ0n) is 21.4. The minimum Gasteiger partial charge on any atom is -0.510 e. The van der Waals surface area contributed by atoms with Gasteiger partial charge in [0.05, 0.1) is 29.2 Å². The molecule has 1 amide bonds. The summed E-state index contributed by atoms with van der Waals surface area (Å²) < 4.78 is 0. The summed E-state index contributed by atoms with van der Waals surface area (Å²) in [7, 11) is 2.97. The molecule has 7 N–H and O–H groups in total. The molecule has 3 aliphatic rings. The highest BCUT2D eigenvalue weighted by Crippen LogP contribution is 2.55. The van der Waals surface area contributed by atoms with Crippen molar-refractivity contribution >= 4 is 29.1 Å². The van der Waals surface area contributed by atoms with E-state index in [-0.39, 0.29) is 5.56 Å². The van der Waals surface area contributed by atoms with Crippen molar-refractivity contribution in [2.24, 2.45) is 17.6 Å². The van der Waals surface area contributed by atoms with Gasteiger partial charge in [-0.25, -0.2) is 0 Å². The monoisotopic (exact) mass is 532 g/mol. The SMILES string of the molecule is Cc1ccc(/C=C2\c3cccc(O)c3C(=O)C3=C(O)[C@]4(O)C(=O)C(C(N)=O)=C(O)[C@@H](N(C)C)[C@H]4[C@@H](O)[C@@H]32)cc1. The molecule has 39 heavy (non-hydrogen) atoms. The van der Waals surface area contributed by atoms with Crippen molar-refractivity contribution in [2.45, 2.75) is 24.7 Å². The number of nitrogens with zero attached hydrogens (tertiary/aromatic N) is 1. The van der Waals surface area contributed by atoms with Gasteiger partial charge in [-0.3, -0.25) is 19.3 Å². The molecule has 10 nitrogen and oxygen atoms in total. The van der Waals surface area contributed by atoms with Gasteiger partial charge in [-0.05, 0) is 43.8 Å². The van der Waals surface area contributed by atoms with Gasteiger partial charge in [-0.2, -0.15) is 0 Å². The van der Waals surface area contributed by atoms with Crippen molar-refractivity contribution < 1.29 is 39.9 Å². The molecule has 202 valence electrons. The molecule has 0 spiro atoms. The second kappa shape index (κ2) is 8.91. The van der Waals surface area contributed by atoms with E-state index in [4.69, 9.17) is 5.73 Å². The molecule has 0 heterocycles. The van der Waals surface area contributed by atoms with Crippen LogP contribution in [0.5, 0.6) is 5.75 Å². The molecule has 5 atom stereocenters. The highest BCUT2D eigenvalue weighted by molar-refractivity contribution is 6.25. The molecule has 3 aliphatic carbocycles. The Morgan fingerprint density at radius 3 is 2.28 bits per heavy atom. The van der Waals surface area contributed by atoms with E-state index in [1.807, 2.05) is 31.2 Å². The van der Waals surface area contributed by atoms with E-state index in [0.29, 0.717) is 16.7 Å². The van der Waals surface area contributed by atoms with Gasteiger partial charge in [0.1, 0.15) is 22.8 Å². The smallest absolute Gasteiger partial charge is 0.255 e. The summed E-state index contributed by atoms with van der Waals surface area (Å²) in [6.07, 6.45) is -0.0276. The van der Waals surface area contributed by atoms with E-state index >= 15 is 0 Å². The molecule has 0 aliphatic heterocycles. The highest BCUT2D eigenvalue weighted by Gasteiger charge is 2.67. The van der Waals surface area contributed by atoms with Crippen LogP contribution in [0.4, 0.5) is 0 Å². The number of benzene rings is 2. The summed E-state index contributed by atoms with van der Waals surface area (Å²) in [5, 5.41) is 56.8. The first-order valence-corrected chi connectivity index (χ1v) is 12.3. The predicted octanol–water partition coefficient (Wildman–Crippen LogP) is 1.40. The van der Waals surface area contributed by atoms with Gasteiger partial charge in [0.2, 0.25) is 5.78 Å². The molecular formula is C29H28N2O8. The molecule has 10 heteroatoms. The number of phenols is 1. The summed E-state index contributed by atoms with van der Waals surface area (Å²) >= 11 is 0. The molecule has 0 fully saturated rings. The van der Waals surface area contributed by atoms with Crippen LogP contribution in [0.2, 0.25) is 0 Å². The first-order valence-electron chi connectivity index (χ1n) is 12.3. The van der Waals surface area contributed by atoms with Crippen LogP contribution in [-0.4, -0.2) is 79.7 Å². The zero-order valence-corrected chi connectivity index (χ0v) is 21.4. The Labute approximate surface area is 223 Å². The number of hydrogen-bond donors (Lipinski definition) is 6. The summed E-state index contributed by atoms with van der Waals surface area (Å²) in [6, 6.07) is 10.4. The molecule has 5 rings (SSSR count). The minimum atomic E-state index is -2.97. The number of carbonyl (C=O) groups excluding carboxylic acids is 3. The van der Waals surface area contributed by atoms with Crippen molar-refractivity contribution in [3.8, 4) is 5.75 Å². The molecule has 0 unspecified atom stereocenters. The number of Topliss-reactive ketones (excluding diaryl/α,β-unsaturated/α-hetero) is 2. The summed E-state index contributed by atoms with van der Waals surface area (Å²) in [6.45, 7) is 1.91. The molecule has 0 saturated heterocycles. The number of nitrogens with two attached hydrogens (primary N) is 1. The van der Waals surface area contributed by atoms with Gasteiger partial charge < -0.3 is 31.3 Å². The van der Waals surface area contributed by atoms with Crippen LogP contribution >= 0.6 is 0 Å². The van der Waals surface area contributed by atoms with E-state index in [2.05, 4.69) is 0 Å². The number of aryl methyl sites for hydroxylation is 1. The van der Waals surface area contributed by atoms with E-state index in [1.165, 1.54) is 31.1 Å². The fourth-order valence-electron chi connectivity index (χ4n) is 6.16. The number of amides is 1. The lowest BCUT2D eigenvalue weighted by Crippen LogP contribution is -2.68. The summed E-state index contributed by atoms with van der Waals surface area (Å²) in [5.74, 6) is -8.77. The largest absolute Gasteiger partial charge is 0.510 e. The average molecular weight is 533 g/mol. The Balaban J connectivity index is 1.86. The normalized spacial score (nSPS) is 29.4. The predicted molar refractivity (Wildman–Crippen MR) is 140 cm³/mol. The van der Waals surface area contributed by atoms with Gasteiger partial charge in [0.15, 0.2) is 11.4 Å². The van der Waals surface area contributed by atoms with Crippen molar-refractivity contribution in [3.63, 3.8) is 0 Å². The Hall–Kier alpha value is -4.25. The number of likely N-dealkylation sites (N-methyl/N-ethyl adjacent to an activating group) is 1. The number of aliphatic hydroxyl groups is 4. The maximum Gasteiger partial charge on any atom is 0.255 e. The quantitative estimate of drug-likeness (QED) is 0.318. The van der Waals surface area contributed by atoms with Crippen molar-refractivity contribution in [3.05, 3.63) is 87.4 Å². The number of rotatable bonds is 3. The lowest BCUT2D eigenvalue weighted by molar-refractivity contribution is -0.159. The first kappa shape index (κ1) is 26.4. The summed E-state index contributed by atoms with van der Waals surface area (Å²) in [5.41, 5.74) is 3.10. The van der Waals surface area contributed by atoms with Crippen molar-refractivity contribution in [1.29, 1.82) is 0 Å². The zero-order chi connectivity index (χ0) is 28.5. The van der Waals surface area contributed by atoms with Crippen LogP contribution in [0.1, 0.15) is 27.0 Å². The van der Waals surface area contributed by atoms with Gasteiger partial charge in [-0.15, -0.1) is 0 Å².